The Morgan fingerprint density at radius 1 is 1.10 bits per heavy atom. The van der Waals surface area contributed by atoms with E-state index in [9.17, 15) is 4.79 Å². The molecule has 1 fully saturated rings. The maximum Gasteiger partial charge on any atom is 0.255 e. The topological polar surface area (TPSA) is 53.9 Å². The number of anilines is 2. The largest absolute Gasteiger partial charge is 0.497 e. The van der Waals surface area contributed by atoms with Crippen molar-refractivity contribution in [3.63, 3.8) is 0 Å². The number of rotatable bonds is 5. The lowest BCUT2D eigenvalue weighted by atomic mass is 9.84. The van der Waals surface area contributed by atoms with Gasteiger partial charge in [-0.3, -0.25) is 9.79 Å². The molecule has 30 heavy (non-hydrogen) atoms. The molecule has 0 atom stereocenters. The standard InChI is InChI=1S/C25H31N3O2/c1-16-10-19(12-20(11-16)30-4)25(29)27-23-15-22-18(14-24(23)28(2)3)13-21(26-22)17-8-6-5-7-9-17/h10-12,14-15,17H,5-9,13H2,1-4H3,(H,27,29). The second kappa shape index (κ2) is 8.50. The fraction of sp³-hybridized carbons (Fsp3) is 0.440. The summed E-state index contributed by atoms with van der Waals surface area (Å²) in [5, 5.41) is 3.11. The van der Waals surface area contributed by atoms with Crippen molar-refractivity contribution >= 4 is 28.7 Å². The first-order chi connectivity index (χ1) is 14.4. The van der Waals surface area contributed by atoms with Crippen molar-refractivity contribution in [2.24, 2.45) is 10.9 Å². The lowest BCUT2D eigenvalue weighted by Crippen LogP contribution is -2.18. The predicted octanol–water partition coefficient (Wildman–Crippen LogP) is 5.53. The van der Waals surface area contributed by atoms with Gasteiger partial charge >= 0.3 is 0 Å². The van der Waals surface area contributed by atoms with Gasteiger partial charge in [-0.05, 0) is 67.1 Å². The molecule has 1 heterocycles. The van der Waals surface area contributed by atoms with Gasteiger partial charge < -0.3 is 15.0 Å². The van der Waals surface area contributed by atoms with Gasteiger partial charge in [-0.15, -0.1) is 0 Å². The molecule has 2 aliphatic rings. The number of methoxy groups -OCH3 is 1. The number of fused-ring (bicyclic) bond motifs is 1. The van der Waals surface area contributed by atoms with Gasteiger partial charge in [-0.1, -0.05) is 19.3 Å². The Morgan fingerprint density at radius 3 is 2.57 bits per heavy atom. The van der Waals surface area contributed by atoms with E-state index in [1.807, 2.05) is 44.1 Å². The van der Waals surface area contributed by atoms with Crippen molar-refractivity contribution in [2.75, 3.05) is 31.4 Å². The SMILES string of the molecule is COc1cc(C)cc(C(=O)Nc2cc3c(cc2N(C)C)CC(C2CCCCC2)=N3)c1. The van der Waals surface area contributed by atoms with Crippen LogP contribution < -0.4 is 15.0 Å². The number of nitrogens with zero attached hydrogens (tertiary/aromatic N) is 2. The number of aliphatic imine (C=N–C) groups is 1. The smallest absolute Gasteiger partial charge is 0.255 e. The molecular formula is C25H31N3O2. The first-order valence-corrected chi connectivity index (χ1v) is 10.8. The number of carbonyl (C=O) groups excluding carboxylic acids is 1. The number of nitrogens with one attached hydrogen (secondary N) is 1. The lowest BCUT2D eigenvalue weighted by Gasteiger charge is -2.21. The van der Waals surface area contributed by atoms with Crippen molar-refractivity contribution in [1.29, 1.82) is 0 Å². The van der Waals surface area contributed by atoms with Crippen LogP contribution in [0.3, 0.4) is 0 Å². The summed E-state index contributed by atoms with van der Waals surface area (Å²) in [7, 11) is 5.62. The minimum absolute atomic E-state index is 0.144. The summed E-state index contributed by atoms with van der Waals surface area (Å²) in [4.78, 5) is 20.0. The minimum atomic E-state index is -0.144. The average Bonchev–Trinajstić information content (AvgIpc) is 3.16. The van der Waals surface area contributed by atoms with E-state index in [1.54, 1.807) is 13.2 Å². The molecule has 1 aliphatic heterocycles. The van der Waals surface area contributed by atoms with E-state index in [0.29, 0.717) is 17.2 Å². The number of hydrogen-bond donors (Lipinski definition) is 1. The zero-order chi connectivity index (χ0) is 21.3. The van der Waals surface area contributed by atoms with Gasteiger partial charge in [0.1, 0.15) is 5.75 Å². The molecule has 0 bridgehead atoms. The summed E-state index contributed by atoms with van der Waals surface area (Å²) in [5.41, 5.74) is 6.94. The summed E-state index contributed by atoms with van der Waals surface area (Å²) in [5.74, 6) is 1.16. The second-order valence-corrected chi connectivity index (χ2v) is 8.70. The molecule has 0 spiro atoms. The van der Waals surface area contributed by atoms with E-state index in [4.69, 9.17) is 9.73 Å². The summed E-state index contributed by atoms with van der Waals surface area (Å²) < 4.78 is 5.32. The maximum atomic E-state index is 13.0. The molecule has 5 nitrogen and oxygen atoms in total. The van der Waals surface area contributed by atoms with Gasteiger partial charge in [0.25, 0.3) is 5.91 Å². The van der Waals surface area contributed by atoms with Crippen LogP contribution in [0.1, 0.15) is 53.6 Å². The molecule has 1 saturated carbocycles. The van der Waals surface area contributed by atoms with Crippen LogP contribution in [0.25, 0.3) is 0 Å². The number of hydrogen-bond acceptors (Lipinski definition) is 4. The summed E-state index contributed by atoms with van der Waals surface area (Å²) in [6, 6.07) is 9.77. The Labute approximate surface area is 179 Å². The fourth-order valence-electron chi connectivity index (χ4n) is 4.59. The van der Waals surface area contributed by atoms with E-state index in [1.165, 1.54) is 43.4 Å². The molecule has 4 rings (SSSR count). The van der Waals surface area contributed by atoms with Crippen molar-refractivity contribution in [3.05, 3.63) is 47.0 Å². The number of ether oxygens (including phenoxy) is 1. The first kappa shape index (κ1) is 20.5. The van der Waals surface area contributed by atoms with E-state index in [-0.39, 0.29) is 5.91 Å². The van der Waals surface area contributed by atoms with Gasteiger partial charge in [0.05, 0.1) is 24.2 Å². The van der Waals surface area contributed by atoms with Crippen molar-refractivity contribution in [3.8, 4) is 5.75 Å². The third-order valence-corrected chi connectivity index (χ3v) is 6.19. The minimum Gasteiger partial charge on any atom is -0.497 e. The van der Waals surface area contributed by atoms with Crippen LogP contribution in [0, 0.1) is 12.8 Å². The molecule has 2 aromatic carbocycles. The Kier molecular flexibility index (Phi) is 5.80. The van der Waals surface area contributed by atoms with Crippen molar-refractivity contribution in [2.45, 2.75) is 45.4 Å². The molecule has 0 radical (unpaired) electrons. The third kappa shape index (κ3) is 4.20. The van der Waals surface area contributed by atoms with Gasteiger partial charge in [0, 0.05) is 31.8 Å². The highest BCUT2D eigenvalue weighted by Gasteiger charge is 2.26. The molecule has 1 aliphatic carbocycles. The summed E-state index contributed by atoms with van der Waals surface area (Å²) >= 11 is 0. The molecule has 0 saturated heterocycles. The van der Waals surface area contributed by atoms with Crippen LogP contribution >= 0.6 is 0 Å². The molecule has 2 aromatic rings. The van der Waals surface area contributed by atoms with E-state index < -0.39 is 0 Å². The van der Waals surface area contributed by atoms with E-state index in [2.05, 4.69) is 11.4 Å². The molecule has 5 heteroatoms. The monoisotopic (exact) mass is 405 g/mol. The van der Waals surface area contributed by atoms with Crippen LogP contribution in [0.2, 0.25) is 0 Å². The molecule has 0 unspecified atom stereocenters. The Bertz CT molecular complexity index is 988. The van der Waals surface area contributed by atoms with Crippen LogP contribution in [-0.4, -0.2) is 32.8 Å². The van der Waals surface area contributed by atoms with Crippen LogP contribution in [0.5, 0.6) is 5.75 Å². The van der Waals surface area contributed by atoms with Gasteiger partial charge in [-0.25, -0.2) is 0 Å². The molecule has 158 valence electrons. The van der Waals surface area contributed by atoms with Crippen LogP contribution in [0.15, 0.2) is 35.3 Å². The van der Waals surface area contributed by atoms with E-state index in [0.717, 1.165) is 29.0 Å². The van der Waals surface area contributed by atoms with Gasteiger partial charge in [0.2, 0.25) is 0 Å². The van der Waals surface area contributed by atoms with Crippen LogP contribution in [0.4, 0.5) is 17.1 Å². The van der Waals surface area contributed by atoms with Crippen molar-refractivity contribution < 1.29 is 9.53 Å². The summed E-state index contributed by atoms with van der Waals surface area (Å²) in [6.07, 6.45) is 7.42. The zero-order valence-corrected chi connectivity index (χ0v) is 18.4. The number of amides is 1. The highest BCUT2D eigenvalue weighted by molar-refractivity contribution is 6.07. The average molecular weight is 406 g/mol. The number of aryl methyl sites for hydroxylation is 1. The molecule has 0 aromatic heterocycles. The Hall–Kier alpha value is -2.82. The molecule has 1 amide bonds. The van der Waals surface area contributed by atoms with Crippen LogP contribution in [-0.2, 0) is 6.42 Å². The third-order valence-electron chi connectivity index (χ3n) is 6.19. The predicted molar refractivity (Wildman–Crippen MR) is 124 cm³/mol. The lowest BCUT2D eigenvalue weighted by molar-refractivity contribution is 0.102. The Balaban J connectivity index is 1.62. The second-order valence-electron chi connectivity index (χ2n) is 8.70. The Morgan fingerprint density at radius 2 is 1.87 bits per heavy atom. The number of carbonyl (C=O) groups is 1. The first-order valence-electron chi connectivity index (χ1n) is 10.8. The highest BCUT2D eigenvalue weighted by Crippen LogP contribution is 2.39. The maximum absolute atomic E-state index is 13.0. The quantitative estimate of drug-likeness (QED) is 0.711. The molecule has 1 N–H and O–H groups in total. The molecular weight excluding hydrogens is 374 g/mol. The highest BCUT2D eigenvalue weighted by atomic mass is 16.5. The van der Waals surface area contributed by atoms with Crippen molar-refractivity contribution in [1.82, 2.24) is 0 Å². The zero-order valence-electron chi connectivity index (χ0n) is 18.4. The number of benzene rings is 2. The van der Waals surface area contributed by atoms with Gasteiger partial charge in [0.15, 0.2) is 0 Å². The summed E-state index contributed by atoms with van der Waals surface area (Å²) in [6.45, 7) is 1.96. The fourth-order valence-corrected chi connectivity index (χ4v) is 4.59. The van der Waals surface area contributed by atoms with E-state index >= 15 is 0 Å². The normalized spacial score (nSPS) is 16.1. The van der Waals surface area contributed by atoms with Gasteiger partial charge in [-0.2, -0.15) is 0 Å².